The fraction of sp³-hybridized carbons (Fsp3) is 0.471. The largest absolute Gasteiger partial charge is 0.459 e. The van der Waals surface area contributed by atoms with Gasteiger partial charge in [-0.25, -0.2) is 4.79 Å². The summed E-state index contributed by atoms with van der Waals surface area (Å²) in [6, 6.07) is 4.89. The number of aromatic amines is 1. The molecule has 110 valence electrons. The maximum absolute atomic E-state index is 12.7. The van der Waals surface area contributed by atoms with E-state index in [1.807, 2.05) is 0 Å². The van der Waals surface area contributed by atoms with Gasteiger partial charge in [-0.15, -0.1) is 0 Å². The van der Waals surface area contributed by atoms with Crippen LogP contribution in [0.2, 0.25) is 0 Å². The zero-order valence-electron chi connectivity index (χ0n) is 16.6. The number of benzene rings is 1. The minimum absolute atomic E-state index is 0.0292. The van der Waals surface area contributed by atoms with Crippen molar-refractivity contribution in [3.05, 3.63) is 36.0 Å². The lowest BCUT2D eigenvalue weighted by Gasteiger charge is -2.35. The molecule has 2 aliphatic rings. The molecule has 0 radical (unpaired) electrons. The van der Waals surface area contributed by atoms with Crippen LogP contribution < -0.4 is 0 Å². The fourth-order valence-electron chi connectivity index (χ4n) is 3.54. The van der Waals surface area contributed by atoms with E-state index >= 15 is 0 Å². The van der Waals surface area contributed by atoms with Gasteiger partial charge in [0.1, 0.15) is 6.10 Å². The molecule has 3 heterocycles. The molecule has 0 aliphatic carbocycles. The highest BCUT2D eigenvalue weighted by atomic mass is 16.5. The van der Waals surface area contributed by atoms with Gasteiger partial charge in [0, 0.05) is 46.1 Å². The van der Waals surface area contributed by atoms with Crippen LogP contribution in [-0.2, 0) is 4.74 Å². The zero-order valence-corrected chi connectivity index (χ0v) is 11.6. The number of hydrogen-bond donors (Lipinski definition) is 1. The van der Waals surface area contributed by atoms with Gasteiger partial charge >= 0.3 is 5.97 Å². The molecule has 4 heteroatoms. The van der Waals surface area contributed by atoms with Gasteiger partial charge in [0.25, 0.3) is 0 Å². The number of para-hydroxylation sites is 1. The highest BCUT2D eigenvalue weighted by Crippen LogP contribution is 2.35. The Labute approximate surface area is 131 Å². The molecular weight excluding hydrogens is 264 g/mol. The Kier molecular flexibility index (Phi) is 2.00. The molecule has 1 N–H and O–H groups in total. The Balaban J connectivity index is 1.53. The summed E-state index contributed by atoms with van der Waals surface area (Å²) in [5.41, 5.74) is 0.734. The van der Waals surface area contributed by atoms with Crippen LogP contribution in [0.15, 0.2) is 30.4 Å². The average molecular weight is 289 g/mol. The first kappa shape index (κ1) is 8.59. The zero-order chi connectivity index (χ0) is 18.6. The van der Waals surface area contributed by atoms with E-state index in [0.29, 0.717) is 29.8 Å². The lowest BCUT2D eigenvalue weighted by molar-refractivity contribution is -0.000258. The van der Waals surface area contributed by atoms with Crippen LogP contribution in [0, 0.1) is 0 Å². The topological polar surface area (TPSA) is 45.3 Å². The summed E-state index contributed by atoms with van der Waals surface area (Å²) in [4.78, 5) is 17.1. The summed E-state index contributed by atoms with van der Waals surface area (Å²) in [5.74, 6) is -0.564. The van der Waals surface area contributed by atoms with Crippen molar-refractivity contribution in [2.24, 2.45) is 0 Å². The SMILES string of the molecule is [2H]c1ccc2c(C(=O)OC3C[C@H]4CC[C@@H](C3)N4C([2H])([2H])[2H])c([2H])[nH]c2c1. The lowest BCUT2D eigenvalue weighted by atomic mass is 10.0. The highest BCUT2D eigenvalue weighted by Gasteiger charge is 2.40. The summed E-state index contributed by atoms with van der Waals surface area (Å²) in [6.45, 7) is -2.11. The quantitative estimate of drug-likeness (QED) is 0.865. The number of esters is 1. The van der Waals surface area contributed by atoms with Crippen LogP contribution in [0.3, 0.4) is 0 Å². The van der Waals surface area contributed by atoms with Gasteiger partial charge in [0.15, 0.2) is 0 Å². The fourth-order valence-corrected chi connectivity index (χ4v) is 3.54. The van der Waals surface area contributed by atoms with E-state index in [1.165, 1.54) is 0 Å². The minimum Gasteiger partial charge on any atom is -0.459 e. The molecule has 1 aromatic heterocycles. The molecule has 2 bridgehead atoms. The number of H-pyrrole nitrogens is 1. The van der Waals surface area contributed by atoms with E-state index in [0.717, 1.165) is 12.8 Å². The van der Waals surface area contributed by atoms with Crippen molar-refractivity contribution < 1.29 is 16.4 Å². The lowest BCUT2D eigenvalue weighted by Crippen LogP contribution is -2.43. The molecule has 4 rings (SSSR count). The number of carbonyl (C=O) groups is 1. The smallest absolute Gasteiger partial charge is 0.340 e. The van der Waals surface area contributed by atoms with Crippen LogP contribution in [0.1, 0.15) is 42.9 Å². The standard InChI is InChI=1S/C17H20N2O2/c1-19-11-6-7-12(19)9-13(8-11)21-17(20)15-10-18-16-5-3-2-4-14(15)16/h2-5,10-13,18H,6-9H2,1H3/t11-,12+,13?/i1D3,3D,10D. The number of rotatable bonds is 2. The Morgan fingerprint density at radius 3 is 3.00 bits per heavy atom. The average Bonchev–Trinajstić information content (AvgIpc) is 3.00. The molecule has 4 nitrogen and oxygen atoms in total. The molecule has 2 aliphatic heterocycles. The van der Waals surface area contributed by atoms with Gasteiger partial charge in [-0.1, -0.05) is 18.2 Å². The number of carbonyl (C=O) groups excluding carboxylic acids is 1. The first-order valence-electron chi connectivity index (χ1n) is 9.82. The van der Waals surface area contributed by atoms with Crippen LogP contribution in [-0.4, -0.2) is 41.0 Å². The molecule has 1 unspecified atom stereocenters. The number of hydrogen-bond acceptors (Lipinski definition) is 3. The minimum atomic E-state index is -2.11. The maximum atomic E-state index is 12.7. The van der Waals surface area contributed by atoms with Gasteiger partial charge in [-0.2, -0.15) is 0 Å². The second kappa shape index (κ2) is 4.88. The van der Waals surface area contributed by atoms with Crippen molar-refractivity contribution in [2.75, 3.05) is 6.98 Å². The van der Waals surface area contributed by atoms with E-state index in [-0.39, 0.29) is 29.9 Å². The molecule has 3 atom stereocenters. The summed E-state index contributed by atoms with van der Waals surface area (Å²) < 4.78 is 44.4. The van der Waals surface area contributed by atoms with E-state index in [4.69, 9.17) is 11.6 Å². The van der Waals surface area contributed by atoms with Gasteiger partial charge in [0.05, 0.1) is 8.30 Å². The number of piperidine rings is 1. The second-order valence-electron chi connectivity index (χ2n) is 5.89. The third-order valence-corrected chi connectivity index (χ3v) is 4.62. The first-order chi connectivity index (χ1) is 12.2. The molecule has 0 saturated carbocycles. The van der Waals surface area contributed by atoms with Crippen LogP contribution in [0.5, 0.6) is 0 Å². The van der Waals surface area contributed by atoms with Gasteiger partial charge in [0.2, 0.25) is 0 Å². The number of ether oxygens (including phenoxy) is 1. The summed E-state index contributed by atoms with van der Waals surface area (Å²) in [5, 5.41) is 0.568. The Bertz CT molecular complexity index is 849. The van der Waals surface area contributed by atoms with Crippen molar-refractivity contribution in [3.8, 4) is 0 Å². The maximum Gasteiger partial charge on any atom is 0.340 e. The predicted molar refractivity (Wildman–Crippen MR) is 81.3 cm³/mol. The molecule has 1 aromatic carbocycles. The van der Waals surface area contributed by atoms with Crippen molar-refractivity contribution >= 4 is 16.9 Å². The number of aromatic nitrogens is 1. The normalized spacial score (nSPS) is 33.0. The van der Waals surface area contributed by atoms with Crippen molar-refractivity contribution in [1.29, 1.82) is 0 Å². The Morgan fingerprint density at radius 2 is 2.24 bits per heavy atom. The number of fused-ring (bicyclic) bond motifs is 3. The van der Waals surface area contributed by atoms with E-state index in [9.17, 15) is 4.79 Å². The summed E-state index contributed by atoms with van der Waals surface area (Å²) in [6.07, 6.45) is 2.26. The first-order valence-corrected chi connectivity index (χ1v) is 7.32. The van der Waals surface area contributed by atoms with Crippen LogP contribution >= 0.6 is 0 Å². The van der Waals surface area contributed by atoms with Crippen LogP contribution in [0.25, 0.3) is 10.9 Å². The summed E-state index contributed by atoms with van der Waals surface area (Å²) in [7, 11) is 0. The van der Waals surface area contributed by atoms with Crippen molar-refractivity contribution in [3.63, 3.8) is 0 Å². The Hall–Kier alpha value is -1.81. The van der Waals surface area contributed by atoms with E-state index < -0.39 is 12.9 Å². The van der Waals surface area contributed by atoms with Crippen molar-refractivity contribution in [2.45, 2.75) is 43.9 Å². The molecule has 2 saturated heterocycles. The second-order valence-corrected chi connectivity index (χ2v) is 5.89. The Morgan fingerprint density at radius 1 is 1.43 bits per heavy atom. The van der Waals surface area contributed by atoms with E-state index in [2.05, 4.69) is 4.98 Å². The van der Waals surface area contributed by atoms with Gasteiger partial charge in [-0.3, -0.25) is 0 Å². The number of nitrogens with zero attached hydrogens (tertiary/aromatic N) is 1. The predicted octanol–water partition coefficient (Wildman–Crippen LogP) is 2.95. The molecule has 2 fully saturated rings. The molecule has 0 amide bonds. The summed E-state index contributed by atoms with van der Waals surface area (Å²) >= 11 is 0. The van der Waals surface area contributed by atoms with Gasteiger partial charge in [-0.05, 0) is 25.9 Å². The van der Waals surface area contributed by atoms with Crippen LogP contribution in [0.4, 0.5) is 0 Å². The molecule has 2 aromatic rings. The monoisotopic (exact) mass is 289 g/mol. The third-order valence-electron chi connectivity index (χ3n) is 4.62. The third kappa shape index (κ3) is 2.14. The molecular formula is C17H20N2O2. The van der Waals surface area contributed by atoms with E-state index in [1.54, 1.807) is 23.1 Å². The van der Waals surface area contributed by atoms with Gasteiger partial charge < -0.3 is 14.6 Å². The molecule has 0 spiro atoms. The number of nitrogens with one attached hydrogen (secondary N) is 1. The highest BCUT2D eigenvalue weighted by molar-refractivity contribution is 6.04. The molecule has 21 heavy (non-hydrogen) atoms. The van der Waals surface area contributed by atoms with Crippen molar-refractivity contribution in [1.82, 2.24) is 9.88 Å².